The summed E-state index contributed by atoms with van der Waals surface area (Å²) in [5.41, 5.74) is 5.19. The number of aromatic amines is 1. The first-order valence-electron chi connectivity index (χ1n) is 5.33. The summed E-state index contributed by atoms with van der Waals surface area (Å²) in [5.74, 6) is 0.252. The third-order valence-electron chi connectivity index (χ3n) is 3.19. The van der Waals surface area contributed by atoms with Crippen LogP contribution >= 0.6 is 0 Å². The first kappa shape index (κ1) is 10.1. The molecular weight excluding hydrogens is 220 g/mol. The predicted octanol–water partition coefficient (Wildman–Crippen LogP) is 0.631. The predicted molar refractivity (Wildman–Crippen MR) is 62.7 cm³/mol. The first-order valence-corrected chi connectivity index (χ1v) is 5.33. The molecule has 0 amide bonds. The zero-order chi connectivity index (χ0) is 12.2. The van der Waals surface area contributed by atoms with E-state index in [4.69, 9.17) is 4.74 Å². The Morgan fingerprint density at radius 1 is 1.41 bits per heavy atom. The van der Waals surface area contributed by atoms with E-state index in [9.17, 15) is 4.79 Å². The summed E-state index contributed by atoms with van der Waals surface area (Å²) < 4.78 is 5.67. The number of nitrogens with one attached hydrogen (secondary N) is 2. The highest BCUT2D eigenvalue weighted by atomic mass is 16.5. The van der Waals surface area contributed by atoms with Gasteiger partial charge in [-0.2, -0.15) is 5.10 Å². The summed E-state index contributed by atoms with van der Waals surface area (Å²) >= 11 is 0. The third kappa shape index (κ3) is 1.17. The standard InChI is InChI=1S/C11H12N4O2/c1-5-6(2)14-15-11(3)7(5)8-9(17-11)10(16)13-4-12-8/h4,15H,1-3H3,(H,12,13,16). The van der Waals surface area contributed by atoms with Gasteiger partial charge in [0.15, 0.2) is 0 Å². The van der Waals surface area contributed by atoms with Crippen LogP contribution in [-0.4, -0.2) is 21.4 Å². The van der Waals surface area contributed by atoms with Gasteiger partial charge in [0.25, 0.3) is 5.56 Å². The second-order valence-corrected chi connectivity index (χ2v) is 4.35. The average molecular weight is 232 g/mol. The van der Waals surface area contributed by atoms with Crippen molar-refractivity contribution in [2.24, 2.45) is 5.10 Å². The lowest BCUT2D eigenvalue weighted by Gasteiger charge is -2.29. The van der Waals surface area contributed by atoms with E-state index in [0.717, 1.165) is 16.9 Å². The molecule has 0 saturated heterocycles. The third-order valence-corrected chi connectivity index (χ3v) is 3.19. The Kier molecular flexibility index (Phi) is 1.76. The van der Waals surface area contributed by atoms with E-state index in [-0.39, 0.29) is 11.3 Å². The largest absolute Gasteiger partial charge is 0.455 e. The van der Waals surface area contributed by atoms with Crippen LogP contribution in [0.3, 0.4) is 0 Å². The van der Waals surface area contributed by atoms with E-state index in [1.54, 1.807) is 0 Å². The van der Waals surface area contributed by atoms with Crippen LogP contribution < -0.4 is 15.7 Å². The van der Waals surface area contributed by atoms with E-state index in [0.29, 0.717) is 5.69 Å². The van der Waals surface area contributed by atoms with Gasteiger partial charge in [-0.05, 0) is 19.4 Å². The maximum absolute atomic E-state index is 11.7. The van der Waals surface area contributed by atoms with E-state index in [1.165, 1.54) is 6.33 Å². The second kappa shape index (κ2) is 2.97. The Bertz CT molecular complexity index is 629. The van der Waals surface area contributed by atoms with Gasteiger partial charge in [-0.3, -0.25) is 10.2 Å². The minimum atomic E-state index is -0.798. The van der Waals surface area contributed by atoms with Gasteiger partial charge in [0.1, 0.15) is 5.69 Å². The number of rotatable bonds is 0. The Balaban J connectivity index is 2.34. The van der Waals surface area contributed by atoms with Gasteiger partial charge in [0, 0.05) is 6.92 Å². The Morgan fingerprint density at radius 2 is 2.18 bits per heavy atom. The lowest BCUT2D eigenvalue weighted by molar-refractivity contribution is 0.125. The number of H-pyrrole nitrogens is 1. The SMILES string of the molecule is CC1=NNC2(C)Oc3c(nc[nH]c3=O)C2=C1C. The lowest BCUT2D eigenvalue weighted by atomic mass is 9.94. The fourth-order valence-electron chi connectivity index (χ4n) is 2.21. The molecule has 2 aliphatic heterocycles. The molecule has 0 aliphatic carbocycles. The van der Waals surface area contributed by atoms with Gasteiger partial charge in [0.2, 0.25) is 11.5 Å². The van der Waals surface area contributed by atoms with Gasteiger partial charge in [-0.15, -0.1) is 0 Å². The van der Waals surface area contributed by atoms with Crippen molar-refractivity contribution in [2.75, 3.05) is 0 Å². The number of ether oxygens (including phenoxy) is 1. The second-order valence-electron chi connectivity index (χ2n) is 4.35. The van der Waals surface area contributed by atoms with Crippen molar-refractivity contribution in [1.29, 1.82) is 0 Å². The number of aromatic nitrogens is 2. The van der Waals surface area contributed by atoms with Crippen molar-refractivity contribution in [1.82, 2.24) is 15.4 Å². The molecule has 6 heteroatoms. The van der Waals surface area contributed by atoms with Crippen LogP contribution in [0.15, 0.2) is 21.8 Å². The van der Waals surface area contributed by atoms with Crippen LogP contribution in [0.25, 0.3) is 5.57 Å². The van der Waals surface area contributed by atoms with E-state index >= 15 is 0 Å². The summed E-state index contributed by atoms with van der Waals surface area (Å²) in [6.07, 6.45) is 1.39. The minimum Gasteiger partial charge on any atom is -0.455 e. The molecule has 2 aliphatic rings. The summed E-state index contributed by atoms with van der Waals surface area (Å²) in [6.45, 7) is 5.69. The van der Waals surface area contributed by atoms with Crippen LogP contribution in [0, 0.1) is 0 Å². The smallest absolute Gasteiger partial charge is 0.293 e. The fourth-order valence-corrected chi connectivity index (χ4v) is 2.21. The van der Waals surface area contributed by atoms with Gasteiger partial charge in [-0.25, -0.2) is 4.98 Å². The molecule has 0 saturated carbocycles. The topological polar surface area (TPSA) is 79.4 Å². The Labute approximate surface area is 97.4 Å². The normalized spacial score (nSPS) is 25.7. The molecular formula is C11H12N4O2. The Morgan fingerprint density at radius 3 is 2.94 bits per heavy atom. The number of hydrogen-bond donors (Lipinski definition) is 2. The molecule has 88 valence electrons. The van der Waals surface area contributed by atoms with Crippen LogP contribution in [0.4, 0.5) is 0 Å². The molecule has 0 spiro atoms. The molecule has 3 heterocycles. The molecule has 17 heavy (non-hydrogen) atoms. The number of fused-ring (bicyclic) bond motifs is 3. The molecule has 1 aromatic heterocycles. The summed E-state index contributed by atoms with van der Waals surface area (Å²) in [6, 6.07) is 0. The van der Waals surface area contributed by atoms with E-state index in [2.05, 4.69) is 20.5 Å². The number of nitrogens with zero attached hydrogens (tertiary/aromatic N) is 2. The van der Waals surface area contributed by atoms with E-state index in [1.807, 2.05) is 20.8 Å². The number of allylic oxidation sites excluding steroid dienone is 1. The highest BCUT2D eigenvalue weighted by Gasteiger charge is 2.46. The van der Waals surface area contributed by atoms with Crippen LogP contribution in [0.2, 0.25) is 0 Å². The van der Waals surface area contributed by atoms with Crippen LogP contribution in [0.5, 0.6) is 5.75 Å². The summed E-state index contributed by atoms with van der Waals surface area (Å²) in [4.78, 5) is 18.4. The van der Waals surface area contributed by atoms with Gasteiger partial charge in [-0.1, -0.05) is 0 Å². The van der Waals surface area contributed by atoms with Crippen LogP contribution in [0.1, 0.15) is 26.5 Å². The van der Waals surface area contributed by atoms with Crippen molar-refractivity contribution in [3.8, 4) is 5.75 Å². The molecule has 6 nitrogen and oxygen atoms in total. The van der Waals surface area contributed by atoms with Crippen LogP contribution in [-0.2, 0) is 0 Å². The van der Waals surface area contributed by atoms with Crippen molar-refractivity contribution >= 4 is 11.3 Å². The molecule has 1 atom stereocenters. The van der Waals surface area contributed by atoms with E-state index < -0.39 is 5.72 Å². The van der Waals surface area contributed by atoms with Crippen molar-refractivity contribution in [2.45, 2.75) is 26.5 Å². The molecule has 0 radical (unpaired) electrons. The van der Waals surface area contributed by atoms with Gasteiger partial charge < -0.3 is 9.72 Å². The minimum absolute atomic E-state index is 0.252. The Hall–Kier alpha value is -2.11. The number of hydrazone groups is 1. The van der Waals surface area contributed by atoms with Gasteiger partial charge >= 0.3 is 0 Å². The molecule has 3 rings (SSSR count). The van der Waals surface area contributed by atoms with Crippen molar-refractivity contribution in [3.63, 3.8) is 0 Å². The summed E-state index contributed by atoms with van der Waals surface area (Å²) in [5, 5.41) is 4.18. The zero-order valence-corrected chi connectivity index (χ0v) is 9.79. The molecule has 0 aromatic carbocycles. The highest BCUT2D eigenvalue weighted by Crippen LogP contribution is 2.42. The average Bonchev–Trinajstić information content (AvgIpc) is 2.60. The zero-order valence-electron chi connectivity index (χ0n) is 9.79. The molecule has 0 bridgehead atoms. The quantitative estimate of drug-likeness (QED) is 0.687. The highest BCUT2D eigenvalue weighted by molar-refractivity contribution is 6.07. The molecule has 1 aromatic rings. The maximum atomic E-state index is 11.7. The maximum Gasteiger partial charge on any atom is 0.293 e. The first-order chi connectivity index (χ1) is 8.03. The number of hydrogen-bond acceptors (Lipinski definition) is 5. The fraction of sp³-hybridized carbons (Fsp3) is 0.364. The summed E-state index contributed by atoms with van der Waals surface area (Å²) in [7, 11) is 0. The molecule has 0 fully saturated rings. The lowest BCUT2D eigenvalue weighted by Crippen LogP contribution is -2.46. The van der Waals surface area contributed by atoms with Gasteiger partial charge in [0.05, 0.1) is 17.6 Å². The van der Waals surface area contributed by atoms with Crippen molar-refractivity contribution in [3.05, 3.63) is 27.9 Å². The molecule has 2 N–H and O–H groups in total. The van der Waals surface area contributed by atoms with Crippen molar-refractivity contribution < 1.29 is 4.74 Å². The monoisotopic (exact) mass is 232 g/mol. The molecule has 1 unspecified atom stereocenters.